The number of likely N-dealkylation sites (N-methyl/N-ethyl adjacent to an activating group) is 1. The van der Waals surface area contributed by atoms with Crippen LogP contribution in [0.25, 0.3) is 0 Å². The molecule has 3 N–H and O–H groups in total. The van der Waals surface area contributed by atoms with E-state index in [-0.39, 0.29) is 5.84 Å². The van der Waals surface area contributed by atoms with E-state index in [9.17, 15) is 0 Å². The van der Waals surface area contributed by atoms with Crippen LogP contribution in [0.15, 0.2) is 35.8 Å². The number of thiophene rings is 1. The molecule has 19 heavy (non-hydrogen) atoms. The van der Waals surface area contributed by atoms with Crippen molar-refractivity contribution in [3.05, 3.63) is 46.3 Å². The molecule has 4 nitrogen and oxygen atoms in total. The number of hydrogen-bond acceptors (Lipinski definition) is 4. The smallest absolute Gasteiger partial charge is 0.139 e. The van der Waals surface area contributed by atoms with Gasteiger partial charge in [-0.25, -0.2) is 4.98 Å². The van der Waals surface area contributed by atoms with Crippen molar-refractivity contribution < 1.29 is 0 Å². The Hall–Kier alpha value is -1.88. The normalized spacial score (nSPS) is 12.1. The van der Waals surface area contributed by atoms with E-state index >= 15 is 0 Å². The molecule has 2 aromatic rings. The largest absolute Gasteiger partial charge is 0.384 e. The number of nitrogens with zero attached hydrogens (tertiary/aromatic N) is 2. The number of nitrogens with two attached hydrogens (primary N) is 1. The lowest BCUT2D eigenvalue weighted by atomic mass is 10.1. The molecule has 0 spiro atoms. The first-order chi connectivity index (χ1) is 9.09. The van der Waals surface area contributed by atoms with E-state index < -0.39 is 0 Å². The molecule has 0 aliphatic heterocycles. The zero-order valence-corrected chi connectivity index (χ0v) is 11.9. The van der Waals surface area contributed by atoms with E-state index in [4.69, 9.17) is 11.1 Å². The molecular formula is C14H18N4S. The van der Waals surface area contributed by atoms with Gasteiger partial charge in [0.2, 0.25) is 0 Å². The van der Waals surface area contributed by atoms with Crippen molar-refractivity contribution in [1.29, 1.82) is 5.41 Å². The molecule has 5 heteroatoms. The zero-order valence-electron chi connectivity index (χ0n) is 11.1. The molecule has 0 fully saturated rings. The average Bonchev–Trinajstić information content (AvgIpc) is 2.90. The lowest BCUT2D eigenvalue weighted by Crippen LogP contribution is -2.33. The number of hydrogen-bond donors (Lipinski definition) is 2. The second-order valence-electron chi connectivity index (χ2n) is 4.53. The molecule has 2 aromatic heterocycles. The van der Waals surface area contributed by atoms with E-state index in [1.165, 1.54) is 4.88 Å². The third kappa shape index (κ3) is 3.12. The van der Waals surface area contributed by atoms with E-state index in [2.05, 4.69) is 34.3 Å². The van der Waals surface area contributed by atoms with E-state index in [0.717, 1.165) is 12.2 Å². The van der Waals surface area contributed by atoms with Gasteiger partial charge >= 0.3 is 0 Å². The van der Waals surface area contributed by atoms with Crippen LogP contribution < -0.4 is 10.6 Å². The van der Waals surface area contributed by atoms with Gasteiger partial charge in [-0.1, -0.05) is 6.07 Å². The second-order valence-corrected chi connectivity index (χ2v) is 5.56. The fourth-order valence-corrected chi connectivity index (χ4v) is 2.78. The lowest BCUT2D eigenvalue weighted by molar-refractivity contribution is 0.680. The van der Waals surface area contributed by atoms with Crippen molar-refractivity contribution >= 4 is 23.0 Å². The highest BCUT2D eigenvalue weighted by Crippen LogP contribution is 2.20. The number of nitrogens with one attached hydrogen (secondary N) is 1. The van der Waals surface area contributed by atoms with Gasteiger partial charge in [-0.2, -0.15) is 0 Å². The van der Waals surface area contributed by atoms with Crippen molar-refractivity contribution in [2.24, 2.45) is 5.73 Å². The Morgan fingerprint density at radius 1 is 1.47 bits per heavy atom. The minimum atomic E-state index is 0.0540. The number of amidine groups is 1. The Morgan fingerprint density at radius 2 is 2.26 bits per heavy atom. The van der Waals surface area contributed by atoms with E-state index in [0.29, 0.717) is 11.6 Å². The Labute approximate surface area is 117 Å². The molecular weight excluding hydrogens is 256 g/mol. The molecule has 1 unspecified atom stereocenters. The summed E-state index contributed by atoms with van der Waals surface area (Å²) in [5.41, 5.74) is 6.29. The van der Waals surface area contributed by atoms with Crippen molar-refractivity contribution in [3.63, 3.8) is 0 Å². The Bertz CT molecular complexity index is 550. The van der Waals surface area contributed by atoms with Crippen LogP contribution in [0, 0.1) is 5.41 Å². The molecule has 2 rings (SSSR count). The fraction of sp³-hybridized carbons (Fsp3) is 0.286. The summed E-state index contributed by atoms with van der Waals surface area (Å²) in [6.07, 6.45) is 2.69. The number of aromatic nitrogens is 1. The molecule has 0 radical (unpaired) electrons. The zero-order chi connectivity index (χ0) is 13.8. The number of pyridine rings is 1. The van der Waals surface area contributed by atoms with Crippen LogP contribution >= 0.6 is 11.3 Å². The highest BCUT2D eigenvalue weighted by atomic mass is 32.1. The summed E-state index contributed by atoms with van der Waals surface area (Å²) < 4.78 is 0. The highest BCUT2D eigenvalue weighted by molar-refractivity contribution is 7.09. The molecule has 0 saturated heterocycles. The van der Waals surface area contributed by atoms with Crippen molar-refractivity contribution in [3.8, 4) is 0 Å². The van der Waals surface area contributed by atoms with Crippen LogP contribution in [-0.4, -0.2) is 23.9 Å². The quantitative estimate of drug-likeness (QED) is 0.650. The maximum atomic E-state index is 7.62. The summed E-state index contributed by atoms with van der Waals surface area (Å²) in [5.74, 6) is 0.817. The Morgan fingerprint density at radius 3 is 2.89 bits per heavy atom. The summed E-state index contributed by atoms with van der Waals surface area (Å²) in [6.45, 7) is 2.15. The first-order valence-electron chi connectivity index (χ1n) is 6.14. The number of nitrogen functional groups attached to an aromatic ring is 1. The molecule has 0 aliphatic rings. The van der Waals surface area contributed by atoms with E-state index in [1.807, 2.05) is 13.1 Å². The third-order valence-corrected chi connectivity index (χ3v) is 4.05. The molecule has 1 atom stereocenters. The molecule has 0 amide bonds. The van der Waals surface area contributed by atoms with Gasteiger partial charge in [-0.15, -0.1) is 11.3 Å². The topological polar surface area (TPSA) is 66.0 Å². The van der Waals surface area contributed by atoms with Crippen molar-refractivity contribution in [1.82, 2.24) is 4.98 Å². The summed E-state index contributed by atoms with van der Waals surface area (Å²) >= 11 is 1.76. The van der Waals surface area contributed by atoms with Gasteiger partial charge in [0.1, 0.15) is 11.7 Å². The van der Waals surface area contributed by atoms with Crippen LogP contribution in [0.3, 0.4) is 0 Å². The summed E-state index contributed by atoms with van der Waals surface area (Å²) in [4.78, 5) is 7.79. The first kappa shape index (κ1) is 13.5. The predicted octanol–water partition coefficient (Wildman–Crippen LogP) is 2.49. The first-order valence-corrected chi connectivity index (χ1v) is 7.02. The minimum Gasteiger partial charge on any atom is -0.384 e. The summed E-state index contributed by atoms with van der Waals surface area (Å²) in [6, 6.07) is 8.14. The standard InChI is InChI=1S/C14H18N4S/c1-10(9-11-5-4-8-19-11)18(2)14-12(13(15)16)6-3-7-17-14/h3-8,10H,9H2,1-2H3,(H3,15,16). The minimum absolute atomic E-state index is 0.0540. The lowest BCUT2D eigenvalue weighted by Gasteiger charge is -2.27. The summed E-state index contributed by atoms with van der Waals surface area (Å²) in [5, 5.41) is 9.71. The van der Waals surface area contributed by atoms with Crippen LogP contribution in [0.2, 0.25) is 0 Å². The second kappa shape index (κ2) is 5.84. The van der Waals surface area contributed by atoms with Crippen LogP contribution in [0.4, 0.5) is 5.82 Å². The number of rotatable bonds is 5. The fourth-order valence-electron chi connectivity index (χ4n) is 1.95. The third-order valence-electron chi connectivity index (χ3n) is 3.15. The average molecular weight is 274 g/mol. The van der Waals surface area contributed by atoms with Crippen molar-refractivity contribution in [2.45, 2.75) is 19.4 Å². The van der Waals surface area contributed by atoms with Gasteiger partial charge in [0.15, 0.2) is 0 Å². The summed E-state index contributed by atoms with van der Waals surface area (Å²) in [7, 11) is 1.99. The highest BCUT2D eigenvalue weighted by Gasteiger charge is 2.16. The molecule has 100 valence electrons. The van der Waals surface area contributed by atoms with Crippen LogP contribution in [0.1, 0.15) is 17.4 Å². The number of anilines is 1. The maximum absolute atomic E-state index is 7.62. The molecule has 0 bridgehead atoms. The monoisotopic (exact) mass is 274 g/mol. The van der Waals surface area contributed by atoms with Crippen molar-refractivity contribution in [2.75, 3.05) is 11.9 Å². The molecule has 0 aliphatic carbocycles. The van der Waals surface area contributed by atoms with E-state index in [1.54, 1.807) is 23.6 Å². The Kier molecular flexibility index (Phi) is 4.16. The SMILES string of the molecule is CC(Cc1cccs1)N(C)c1ncccc1C(=N)N. The molecule has 0 saturated carbocycles. The molecule has 2 heterocycles. The van der Waals surface area contributed by atoms with Gasteiger partial charge in [0.25, 0.3) is 0 Å². The van der Waals surface area contributed by atoms with Gasteiger partial charge in [0, 0.05) is 30.6 Å². The van der Waals surface area contributed by atoms with Gasteiger partial charge in [0.05, 0.1) is 5.56 Å². The van der Waals surface area contributed by atoms with Crippen LogP contribution in [0.5, 0.6) is 0 Å². The van der Waals surface area contributed by atoms with Gasteiger partial charge < -0.3 is 10.6 Å². The predicted molar refractivity (Wildman–Crippen MR) is 81.1 cm³/mol. The van der Waals surface area contributed by atoms with Gasteiger partial charge in [-0.3, -0.25) is 5.41 Å². The van der Waals surface area contributed by atoms with Gasteiger partial charge in [-0.05, 0) is 30.5 Å². The van der Waals surface area contributed by atoms with Crippen LogP contribution in [-0.2, 0) is 6.42 Å². The maximum Gasteiger partial charge on any atom is 0.139 e. The molecule has 0 aromatic carbocycles. The Balaban J connectivity index is 2.19.